The molecule has 0 N–H and O–H groups in total. The van der Waals surface area contributed by atoms with Crippen LogP contribution in [0.25, 0.3) is 0 Å². The topological polar surface area (TPSA) is 22.1 Å². The first-order valence-electron chi connectivity index (χ1n) is 14.3. The van der Waals surface area contributed by atoms with E-state index in [4.69, 9.17) is 9.72 Å². The van der Waals surface area contributed by atoms with Crippen molar-refractivity contribution in [1.29, 1.82) is 0 Å². The van der Waals surface area contributed by atoms with Crippen molar-refractivity contribution in [3.05, 3.63) is 29.6 Å². The van der Waals surface area contributed by atoms with E-state index in [1.807, 2.05) is 7.11 Å². The number of rotatable bonds is 6. The van der Waals surface area contributed by atoms with Gasteiger partial charge in [0.2, 0.25) is 0 Å². The molecule has 0 aromatic carbocycles. The lowest BCUT2D eigenvalue weighted by Gasteiger charge is -2.61. The molecular weight excluding hydrogens is 402 g/mol. The van der Waals surface area contributed by atoms with Gasteiger partial charge in [-0.05, 0) is 129 Å². The molecule has 5 saturated carbocycles. The Balaban J connectivity index is 1.19. The second-order valence-electron chi connectivity index (χ2n) is 13.5. The van der Waals surface area contributed by atoms with Crippen LogP contribution in [0, 0.1) is 51.8 Å². The molecule has 1 aromatic heterocycles. The zero-order valence-electron chi connectivity index (χ0n) is 21.9. The summed E-state index contributed by atoms with van der Waals surface area (Å²) in [5, 5.41) is 0. The highest BCUT2D eigenvalue weighted by atomic mass is 16.5. The van der Waals surface area contributed by atoms with E-state index in [0.29, 0.717) is 22.3 Å². The van der Waals surface area contributed by atoms with Gasteiger partial charge in [-0.15, -0.1) is 0 Å². The standard InChI is InChI=1S/C31H47NO/c1-6-22-8-7-9-23(32-22)11-10-20(2)25-12-13-26-24-18-28(33-5)31-19-21(31)14-17-30(31,4)27(24)15-16-29(25,26)3/h7-9,20-21,24-28H,6,10-19H2,1-5H3/t20-,21-,24+,25-,26+,27+,28-,29-,30-,31?/m1/s1. The first-order chi connectivity index (χ1) is 15.9. The van der Waals surface area contributed by atoms with Gasteiger partial charge in [-0.2, -0.15) is 0 Å². The number of hydrogen-bond acceptors (Lipinski definition) is 2. The largest absolute Gasteiger partial charge is 0.381 e. The van der Waals surface area contributed by atoms with Crippen LogP contribution in [0.4, 0.5) is 0 Å². The fraction of sp³-hybridized carbons (Fsp3) is 0.839. The highest BCUT2D eigenvalue weighted by Crippen LogP contribution is 2.82. The Morgan fingerprint density at radius 3 is 2.64 bits per heavy atom. The molecule has 0 bridgehead atoms. The number of nitrogens with zero attached hydrogens (tertiary/aromatic N) is 1. The number of pyridine rings is 1. The average molecular weight is 450 g/mol. The van der Waals surface area contributed by atoms with E-state index in [9.17, 15) is 0 Å². The van der Waals surface area contributed by atoms with Crippen LogP contribution < -0.4 is 0 Å². The predicted molar refractivity (Wildman–Crippen MR) is 135 cm³/mol. The summed E-state index contributed by atoms with van der Waals surface area (Å²) < 4.78 is 6.32. The fourth-order valence-electron chi connectivity index (χ4n) is 11.0. The molecule has 5 fully saturated rings. The van der Waals surface area contributed by atoms with Crippen LogP contribution in [-0.2, 0) is 17.6 Å². The third-order valence-corrected chi connectivity index (χ3v) is 12.7. The monoisotopic (exact) mass is 449 g/mol. The van der Waals surface area contributed by atoms with Crippen molar-refractivity contribution in [3.8, 4) is 0 Å². The van der Waals surface area contributed by atoms with Crippen molar-refractivity contribution in [2.24, 2.45) is 51.8 Å². The number of aryl methyl sites for hydroxylation is 2. The van der Waals surface area contributed by atoms with Crippen LogP contribution in [0.15, 0.2) is 18.2 Å². The molecule has 1 heterocycles. The van der Waals surface area contributed by atoms with Crippen molar-refractivity contribution < 1.29 is 4.74 Å². The molecule has 0 aliphatic heterocycles. The second kappa shape index (κ2) is 7.81. The van der Waals surface area contributed by atoms with Gasteiger partial charge in [0.1, 0.15) is 0 Å². The first-order valence-corrected chi connectivity index (χ1v) is 14.3. The maximum Gasteiger partial charge on any atom is 0.0638 e. The van der Waals surface area contributed by atoms with Gasteiger partial charge >= 0.3 is 0 Å². The van der Waals surface area contributed by atoms with E-state index in [1.54, 1.807) is 0 Å². The van der Waals surface area contributed by atoms with Gasteiger partial charge < -0.3 is 4.74 Å². The molecule has 0 saturated heterocycles. The summed E-state index contributed by atoms with van der Waals surface area (Å²) in [6.45, 7) is 10.2. The van der Waals surface area contributed by atoms with E-state index >= 15 is 0 Å². The molecule has 5 aliphatic carbocycles. The third-order valence-electron chi connectivity index (χ3n) is 12.7. The average Bonchev–Trinajstić information content (AvgIpc) is 3.33. The maximum atomic E-state index is 6.32. The van der Waals surface area contributed by atoms with Crippen LogP contribution in [0.2, 0.25) is 0 Å². The molecule has 2 heteroatoms. The minimum atomic E-state index is 0.534. The third kappa shape index (κ3) is 3.04. The smallest absolute Gasteiger partial charge is 0.0638 e. The Kier molecular flexibility index (Phi) is 5.34. The lowest BCUT2D eigenvalue weighted by molar-refractivity contribution is -0.161. The summed E-state index contributed by atoms with van der Waals surface area (Å²) in [5.74, 6) is 5.47. The Hall–Kier alpha value is -0.890. The Labute approximate surface area is 202 Å². The molecule has 33 heavy (non-hydrogen) atoms. The summed E-state index contributed by atoms with van der Waals surface area (Å²) in [6, 6.07) is 6.62. The second-order valence-corrected chi connectivity index (χ2v) is 13.5. The molecule has 2 nitrogen and oxygen atoms in total. The fourth-order valence-corrected chi connectivity index (χ4v) is 11.0. The summed E-state index contributed by atoms with van der Waals surface area (Å²) in [7, 11) is 2.02. The molecule has 0 radical (unpaired) electrons. The lowest BCUT2D eigenvalue weighted by atomic mass is 9.45. The van der Waals surface area contributed by atoms with Gasteiger partial charge in [0.25, 0.3) is 0 Å². The van der Waals surface area contributed by atoms with E-state index in [1.165, 1.54) is 69.2 Å². The molecule has 1 unspecified atom stereocenters. The summed E-state index contributed by atoms with van der Waals surface area (Å²) in [5.41, 5.74) is 4.20. The molecule has 1 spiro atoms. The summed E-state index contributed by atoms with van der Waals surface area (Å²) in [4.78, 5) is 4.90. The molecule has 182 valence electrons. The van der Waals surface area contributed by atoms with E-state index in [-0.39, 0.29) is 0 Å². The minimum absolute atomic E-state index is 0.534. The van der Waals surface area contributed by atoms with Gasteiger partial charge in [-0.25, -0.2) is 0 Å². The molecule has 1 aromatic rings. The van der Waals surface area contributed by atoms with Crippen molar-refractivity contribution in [3.63, 3.8) is 0 Å². The summed E-state index contributed by atoms with van der Waals surface area (Å²) in [6.07, 6.45) is 15.7. The van der Waals surface area contributed by atoms with Crippen LogP contribution in [0.1, 0.15) is 96.9 Å². The van der Waals surface area contributed by atoms with Gasteiger partial charge in [0.15, 0.2) is 0 Å². The quantitative estimate of drug-likeness (QED) is 0.448. The Morgan fingerprint density at radius 1 is 1.06 bits per heavy atom. The number of aromatic nitrogens is 1. The minimum Gasteiger partial charge on any atom is -0.381 e. The highest BCUT2D eigenvalue weighted by molar-refractivity contribution is 5.26. The van der Waals surface area contributed by atoms with Crippen molar-refractivity contribution in [2.45, 2.75) is 104 Å². The molecule has 5 aliphatic rings. The van der Waals surface area contributed by atoms with Crippen LogP contribution in [0.3, 0.4) is 0 Å². The lowest BCUT2D eigenvalue weighted by Crippen LogP contribution is -2.57. The van der Waals surface area contributed by atoms with E-state index < -0.39 is 0 Å². The number of fused-ring (bicyclic) bond motifs is 4. The van der Waals surface area contributed by atoms with Crippen LogP contribution in [0.5, 0.6) is 0 Å². The molecule has 10 atom stereocenters. The van der Waals surface area contributed by atoms with E-state index in [0.717, 1.165) is 48.3 Å². The molecule has 6 rings (SSSR count). The highest BCUT2D eigenvalue weighted by Gasteiger charge is 2.77. The Morgan fingerprint density at radius 2 is 1.88 bits per heavy atom. The van der Waals surface area contributed by atoms with Crippen molar-refractivity contribution >= 4 is 0 Å². The Bertz CT molecular complexity index is 897. The summed E-state index contributed by atoms with van der Waals surface area (Å²) >= 11 is 0. The number of methoxy groups -OCH3 is 1. The zero-order valence-corrected chi connectivity index (χ0v) is 21.9. The molecular formula is C31H47NO. The first kappa shape index (κ1) is 22.6. The van der Waals surface area contributed by atoms with Gasteiger partial charge in [0, 0.05) is 23.9 Å². The van der Waals surface area contributed by atoms with Gasteiger partial charge in [-0.3, -0.25) is 4.98 Å². The zero-order chi connectivity index (χ0) is 23.0. The molecule has 0 amide bonds. The van der Waals surface area contributed by atoms with Crippen LogP contribution >= 0.6 is 0 Å². The number of ether oxygens (including phenoxy) is 1. The van der Waals surface area contributed by atoms with Gasteiger partial charge in [0.05, 0.1) is 6.10 Å². The van der Waals surface area contributed by atoms with Crippen LogP contribution in [-0.4, -0.2) is 18.2 Å². The number of hydrogen-bond donors (Lipinski definition) is 0. The normalized spacial score (nSPS) is 48.5. The van der Waals surface area contributed by atoms with E-state index in [2.05, 4.69) is 45.9 Å². The van der Waals surface area contributed by atoms with Crippen molar-refractivity contribution in [2.75, 3.05) is 7.11 Å². The predicted octanol–water partition coefficient (Wildman–Crippen LogP) is 7.50. The maximum absolute atomic E-state index is 6.32. The van der Waals surface area contributed by atoms with Gasteiger partial charge in [-0.1, -0.05) is 33.8 Å². The van der Waals surface area contributed by atoms with Crippen molar-refractivity contribution in [1.82, 2.24) is 4.98 Å². The SMILES string of the molecule is CCc1cccc(CC[C@@H](C)[C@H]2CC[C@H]3[C@@H]4C[C@@H](OC)C56C[C@H]5CC[C@]6(C)[C@H]4CC[C@]23C)n1.